The van der Waals surface area contributed by atoms with E-state index in [1.54, 1.807) is 5.10 Å². The number of halogens is 3. The van der Waals surface area contributed by atoms with Gasteiger partial charge in [-0.15, -0.1) is 0 Å². The van der Waals surface area contributed by atoms with Gasteiger partial charge in [0.2, 0.25) is 0 Å². The predicted octanol–water partition coefficient (Wildman–Crippen LogP) is 1.41. The molecule has 0 bridgehead atoms. The lowest BCUT2D eigenvalue weighted by Gasteiger charge is -2.22. The van der Waals surface area contributed by atoms with E-state index in [9.17, 15) is 22.2 Å². The van der Waals surface area contributed by atoms with Crippen molar-refractivity contribution in [3.05, 3.63) is 17.5 Å². The first-order valence-corrected chi connectivity index (χ1v) is 8.18. The van der Waals surface area contributed by atoms with E-state index in [1.807, 2.05) is 0 Å². The molecular formula is C11H15F3N4O2S. The molecular weight excluding hydrogens is 309 g/mol. The first-order chi connectivity index (χ1) is 9.73. The van der Waals surface area contributed by atoms with Crippen molar-refractivity contribution in [3.8, 4) is 0 Å². The molecule has 1 aliphatic rings. The van der Waals surface area contributed by atoms with Crippen molar-refractivity contribution >= 4 is 15.6 Å². The summed E-state index contributed by atoms with van der Waals surface area (Å²) in [7, 11) is -2.72. The van der Waals surface area contributed by atoms with Gasteiger partial charge in [0.15, 0.2) is 5.69 Å². The van der Waals surface area contributed by atoms with Crippen LogP contribution in [0.25, 0.3) is 0 Å². The maximum atomic E-state index is 12.4. The maximum Gasteiger partial charge on any atom is 0.432 e. The second-order valence-corrected chi connectivity index (χ2v) is 7.47. The molecule has 1 fully saturated rings. The third-order valence-electron chi connectivity index (χ3n) is 3.38. The summed E-state index contributed by atoms with van der Waals surface area (Å²) in [6, 6.07) is 0.570. The summed E-state index contributed by atoms with van der Waals surface area (Å²) in [5, 5.41) is 5.00. The van der Waals surface area contributed by atoms with E-state index in [1.165, 1.54) is 0 Å². The van der Waals surface area contributed by atoms with Crippen LogP contribution < -0.4 is 5.73 Å². The summed E-state index contributed by atoms with van der Waals surface area (Å²) in [6.07, 6.45) is -3.42. The molecule has 10 heteroatoms. The summed E-state index contributed by atoms with van der Waals surface area (Å²) in [4.78, 5) is 11.8. The summed E-state index contributed by atoms with van der Waals surface area (Å²) in [5.41, 5.74) is 3.90. The van der Waals surface area contributed by atoms with Crippen LogP contribution in [-0.2, 0) is 15.9 Å². The first kappa shape index (κ1) is 16.0. The van der Waals surface area contributed by atoms with Crippen LogP contribution in [-0.4, -0.2) is 38.4 Å². The minimum absolute atomic E-state index is 0.233. The molecule has 1 aromatic rings. The van der Waals surface area contributed by atoms with Crippen LogP contribution in [0.5, 0.6) is 0 Å². The van der Waals surface area contributed by atoms with Gasteiger partial charge in [-0.2, -0.15) is 22.6 Å². The quantitative estimate of drug-likeness (QED) is 0.858. The smallest absolute Gasteiger partial charge is 0.330 e. The molecule has 0 unspecified atom stereocenters. The summed E-state index contributed by atoms with van der Waals surface area (Å²) < 4.78 is 53.2. The van der Waals surface area contributed by atoms with Gasteiger partial charge in [0.1, 0.15) is 5.69 Å². The van der Waals surface area contributed by atoms with E-state index < -0.39 is 33.2 Å². The van der Waals surface area contributed by atoms with Crippen molar-refractivity contribution in [2.75, 3.05) is 18.1 Å². The van der Waals surface area contributed by atoms with E-state index in [2.05, 4.69) is 9.46 Å². The highest BCUT2D eigenvalue weighted by atomic mass is 32.2. The van der Waals surface area contributed by atoms with Crippen molar-refractivity contribution in [3.63, 3.8) is 0 Å². The number of alkyl halides is 3. The Balaban J connectivity index is 2.16. The Hall–Kier alpha value is -1.42. The molecule has 0 aliphatic carbocycles. The number of aromatic nitrogens is 2. The number of amides is 1. The third-order valence-corrected chi connectivity index (χ3v) is 5.62. The molecule has 1 saturated heterocycles. The first-order valence-electron chi connectivity index (χ1n) is 6.33. The molecule has 1 amide bonds. The number of aromatic amines is 1. The maximum absolute atomic E-state index is 12.4. The molecule has 3 N–H and O–H groups in total. The Labute approximate surface area is 119 Å². The van der Waals surface area contributed by atoms with Gasteiger partial charge in [0.25, 0.3) is 0 Å². The normalized spacial score (nSPS) is 26.6. The molecule has 0 saturated carbocycles. The number of carbonyl (C=O) groups excluding carboxylic acids is 1. The van der Waals surface area contributed by atoms with Gasteiger partial charge in [0, 0.05) is 17.6 Å². The van der Waals surface area contributed by atoms with Crippen LogP contribution in [0.3, 0.4) is 0 Å². The molecule has 0 spiro atoms. The lowest BCUT2D eigenvalue weighted by Crippen LogP contribution is -2.28. The van der Waals surface area contributed by atoms with Crippen molar-refractivity contribution in [2.24, 2.45) is 16.0 Å². The van der Waals surface area contributed by atoms with E-state index in [0.717, 1.165) is 0 Å². The number of H-pyrrole nitrogens is 1. The molecule has 118 valence electrons. The number of carbonyl (C=O) groups is 1. The Bertz CT molecular complexity index is 632. The highest BCUT2D eigenvalue weighted by Crippen LogP contribution is 2.28. The van der Waals surface area contributed by atoms with Gasteiger partial charge in [-0.25, -0.2) is 4.21 Å². The Morgan fingerprint density at radius 1 is 1.48 bits per heavy atom. The number of rotatable bonds is 2. The highest BCUT2D eigenvalue weighted by Gasteiger charge is 2.34. The molecule has 2 rings (SSSR count). The van der Waals surface area contributed by atoms with Gasteiger partial charge < -0.3 is 5.73 Å². The van der Waals surface area contributed by atoms with Crippen molar-refractivity contribution < 1.29 is 22.2 Å². The topological polar surface area (TPSA) is 101 Å². The number of nitrogens with one attached hydrogen (secondary N) is 1. The average molecular weight is 324 g/mol. The summed E-state index contributed by atoms with van der Waals surface area (Å²) in [5.74, 6) is -0.265. The van der Waals surface area contributed by atoms with Crippen molar-refractivity contribution in [1.82, 2.24) is 10.2 Å². The minimum Gasteiger partial charge on any atom is -0.330 e. The van der Waals surface area contributed by atoms with Gasteiger partial charge in [-0.3, -0.25) is 9.89 Å². The SMILES string of the molecule is NCC1CCS(=O)(=NC(=O)c2cc(C(F)(F)F)[nH]n2)CC1. The fourth-order valence-corrected chi connectivity index (χ4v) is 4.24. The monoisotopic (exact) mass is 324 g/mol. The molecule has 6 nitrogen and oxygen atoms in total. The Morgan fingerprint density at radius 2 is 2.10 bits per heavy atom. The molecule has 2 heterocycles. The number of hydrogen-bond donors (Lipinski definition) is 2. The summed E-state index contributed by atoms with van der Waals surface area (Å²) >= 11 is 0. The standard InChI is InChI=1S/C11H15F3N4O2S/c12-11(13,14)9-5-8(16-17-9)10(19)18-21(20)3-1-7(6-15)2-4-21/h5,7H,1-4,6,15H2,(H,16,17). The second-order valence-electron chi connectivity index (χ2n) is 4.92. The predicted molar refractivity (Wildman–Crippen MR) is 70.0 cm³/mol. The lowest BCUT2D eigenvalue weighted by molar-refractivity contribution is -0.141. The highest BCUT2D eigenvalue weighted by molar-refractivity contribution is 7.93. The molecule has 21 heavy (non-hydrogen) atoms. The third kappa shape index (κ3) is 3.82. The summed E-state index contributed by atoms with van der Waals surface area (Å²) in [6.45, 7) is 0.484. The van der Waals surface area contributed by atoms with Crippen LogP contribution in [0.1, 0.15) is 29.0 Å². The van der Waals surface area contributed by atoms with Gasteiger partial charge in [-0.05, 0) is 25.3 Å². The number of hydrogen-bond acceptors (Lipinski definition) is 4. The van der Waals surface area contributed by atoms with Crippen molar-refractivity contribution in [2.45, 2.75) is 19.0 Å². The van der Waals surface area contributed by atoms with Gasteiger partial charge >= 0.3 is 12.1 Å². The zero-order chi connectivity index (χ0) is 15.7. The van der Waals surface area contributed by atoms with Crippen LogP contribution in [0.4, 0.5) is 13.2 Å². The number of nitrogens with zero attached hydrogens (tertiary/aromatic N) is 2. The van der Waals surface area contributed by atoms with Gasteiger partial charge in [-0.1, -0.05) is 0 Å². The lowest BCUT2D eigenvalue weighted by atomic mass is 10.0. The van der Waals surface area contributed by atoms with E-state index in [-0.39, 0.29) is 17.4 Å². The fraction of sp³-hybridized carbons (Fsp3) is 0.636. The molecule has 0 atom stereocenters. The molecule has 1 aliphatic heterocycles. The average Bonchev–Trinajstić information content (AvgIpc) is 2.89. The number of nitrogens with two attached hydrogens (primary N) is 1. The minimum atomic E-state index is -4.62. The largest absolute Gasteiger partial charge is 0.432 e. The van der Waals surface area contributed by atoms with E-state index in [0.29, 0.717) is 25.5 Å². The van der Waals surface area contributed by atoms with E-state index in [4.69, 9.17) is 5.73 Å². The molecule has 0 aromatic carbocycles. The van der Waals surface area contributed by atoms with Crippen molar-refractivity contribution in [1.29, 1.82) is 0 Å². The fourth-order valence-electron chi connectivity index (χ4n) is 2.05. The Morgan fingerprint density at radius 3 is 2.57 bits per heavy atom. The second kappa shape index (κ2) is 5.76. The van der Waals surface area contributed by atoms with Crippen LogP contribution in [0.2, 0.25) is 0 Å². The van der Waals surface area contributed by atoms with E-state index >= 15 is 0 Å². The van der Waals surface area contributed by atoms with Crippen LogP contribution >= 0.6 is 0 Å². The van der Waals surface area contributed by atoms with Crippen LogP contribution in [0.15, 0.2) is 10.4 Å². The molecule has 1 aromatic heterocycles. The zero-order valence-electron chi connectivity index (χ0n) is 11.0. The zero-order valence-corrected chi connectivity index (χ0v) is 11.8. The van der Waals surface area contributed by atoms with Gasteiger partial charge in [0.05, 0.1) is 9.73 Å². The van der Waals surface area contributed by atoms with Crippen LogP contribution in [0, 0.1) is 5.92 Å². The molecule has 0 radical (unpaired) electrons. The Kier molecular flexibility index (Phi) is 4.38.